The Morgan fingerprint density at radius 1 is 1.04 bits per heavy atom. The van der Waals surface area contributed by atoms with E-state index >= 15 is 0 Å². The van der Waals surface area contributed by atoms with Crippen molar-refractivity contribution in [2.45, 2.75) is 33.6 Å². The van der Waals surface area contributed by atoms with Crippen LogP contribution in [0, 0.1) is 17.7 Å². The maximum Gasteiger partial charge on any atom is 0.267 e. The number of hydrogen-bond donors (Lipinski definition) is 0. The van der Waals surface area contributed by atoms with Crippen LogP contribution in [0.3, 0.4) is 0 Å². The largest absolute Gasteiger partial charge is 0.491 e. The number of aromatic nitrogens is 2. The molecule has 0 spiro atoms. The standard InChI is InChI=1S/C22H23F3N2O/c1-13(2)8-14(3)12-28-21-11-27-20(10-18(21)22(24)25)17-6-7-26-19-9-15(23)4-5-16(17)19/h4-7,9-11,13-14,22H,8,12H2,1-3H3. The Hall–Kier alpha value is -2.63. The van der Waals surface area contributed by atoms with Crippen molar-refractivity contribution in [2.24, 2.45) is 11.8 Å². The molecule has 0 amide bonds. The fraction of sp³-hybridized carbons (Fsp3) is 0.364. The van der Waals surface area contributed by atoms with Crippen molar-refractivity contribution >= 4 is 10.9 Å². The maximum absolute atomic E-state index is 13.7. The normalized spacial score (nSPS) is 12.7. The van der Waals surface area contributed by atoms with Crippen LogP contribution in [-0.2, 0) is 0 Å². The molecule has 0 bridgehead atoms. The molecule has 0 aliphatic carbocycles. The molecule has 1 atom stereocenters. The summed E-state index contributed by atoms with van der Waals surface area (Å²) in [5.74, 6) is 0.458. The highest BCUT2D eigenvalue weighted by atomic mass is 19.3. The van der Waals surface area contributed by atoms with E-state index in [1.165, 1.54) is 30.6 Å². The van der Waals surface area contributed by atoms with Crippen LogP contribution >= 0.6 is 0 Å². The smallest absolute Gasteiger partial charge is 0.267 e. The van der Waals surface area contributed by atoms with Crippen molar-refractivity contribution in [2.75, 3.05) is 6.61 Å². The third-order valence-electron chi connectivity index (χ3n) is 4.51. The van der Waals surface area contributed by atoms with Gasteiger partial charge in [0.05, 0.1) is 29.6 Å². The van der Waals surface area contributed by atoms with Gasteiger partial charge in [-0.05, 0) is 42.5 Å². The molecule has 3 rings (SSSR count). The molecule has 0 fully saturated rings. The summed E-state index contributed by atoms with van der Waals surface area (Å²) in [6.45, 7) is 6.62. The van der Waals surface area contributed by atoms with Crippen molar-refractivity contribution in [1.82, 2.24) is 9.97 Å². The van der Waals surface area contributed by atoms with Crippen LogP contribution in [0.1, 0.15) is 39.2 Å². The third kappa shape index (κ3) is 4.61. The van der Waals surface area contributed by atoms with Crippen LogP contribution in [0.25, 0.3) is 22.2 Å². The zero-order valence-electron chi connectivity index (χ0n) is 16.1. The van der Waals surface area contributed by atoms with E-state index in [2.05, 4.69) is 23.8 Å². The van der Waals surface area contributed by atoms with Crippen molar-refractivity contribution in [3.63, 3.8) is 0 Å². The zero-order chi connectivity index (χ0) is 20.3. The summed E-state index contributed by atoms with van der Waals surface area (Å²) in [7, 11) is 0. The lowest BCUT2D eigenvalue weighted by Gasteiger charge is -2.17. The van der Waals surface area contributed by atoms with E-state index in [0.29, 0.717) is 34.7 Å². The number of hydrogen-bond acceptors (Lipinski definition) is 3. The monoisotopic (exact) mass is 388 g/mol. The minimum absolute atomic E-state index is 0.0961. The van der Waals surface area contributed by atoms with E-state index in [0.717, 1.165) is 6.42 Å². The SMILES string of the molecule is CC(C)CC(C)COc1cnc(-c2ccnc3cc(F)ccc23)cc1C(F)F. The maximum atomic E-state index is 13.7. The lowest BCUT2D eigenvalue weighted by Crippen LogP contribution is -2.12. The van der Waals surface area contributed by atoms with Gasteiger partial charge in [0, 0.05) is 23.2 Å². The minimum Gasteiger partial charge on any atom is -0.491 e. The predicted octanol–water partition coefficient (Wildman–Crippen LogP) is 6.43. The van der Waals surface area contributed by atoms with E-state index in [1.54, 1.807) is 12.1 Å². The van der Waals surface area contributed by atoms with E-state index in [4.69, 9.17) is 4.74 Å². The Kier molecular flexibility index (Phi) is 6.17. The molecule has 1 aromatic carbocycles. The molecule has 6 heteroatoms. The van der Waals surface area contributed by atoms with Crippen molar-refractivity contribution in [1.29, 1.82) is 0 Å². The highest BCUT2D eigenvalue weighted by Crippen LogP contribution is 2.34. The molecule has 1 unspecified atom stereocenters. The molecule has 2 heterocycles. The first kappa shape index (κ1) is 20.1. The van der Waals surface area contributed by atoms with Gasteiger partial charge in [-0.25, -0.2) is 13.2 Å². The van der Waals surface area contributed by atoms with Crippen LogP contribution in [0.5, 0.6) is 5.75 Å². The van der Waals surface area contributed by atoms with Gasteiger partial charge in [-0.3, -0.25) is 9.97 Å². The van der Waals surface area contributed by atoms with Gasteiger partial charge < -0.3 is 4.74 Å². The highest BCUT2D eigenvalue weighted by Gasteiger charge is 2.18. The number of halogens is 3. The molecule has 2 aromatic heterocycles. The molecule has 0 aliphatic rings. The summed E-state index contributed by atoms with van der Waals surface area (Å²) in [5, 5.41) is 0.649. The predicted molar refractivity (Wildman–Crippen MR) is 104 cm³/mol. The summed E-state index contributed by atoms with van der Waals surface area (Å²) < 4.78 is 46.4. The second-order valence-corrected chi connectivity index (χ2v) is 7.47. The van der Waals surface area contributed by atoms with E-state index in [1.807, 2.05) is 6.92 Å². The van der Waals surface area contributed by atoms with Gasteiger partial charge in [-0.1, -0.05) is 20.8 Å². The quantitative estimate of drug-likeness (QED) is 0.467. The molecule has 28 heavy (non-hydrogen) atoms. The molecular formula is C22H23F3N2O. The fourth-order valence-corrected chi connectivity index (χ4v) is 3.35. The second-order valence-electron chi connectivity index (χ2n) is 7.47. The number of rotatable bonds is 7. The van der Waals surface area contributed by atoms with Crippen LogP contribution in [0.2, 0.25) is 0 Å². The first-order valence-corrected chi connectivity index (χ1v) is 9.30. The van der Waals surface area contributed by atoms with Gasteiger partial charge in [0.15, 0.2) is 0 Å². The highest BCUT2D eigenvalue weighted by molar-refractivity contribution is 5.93. The van der Waals surface area contributed by atoms with Crippen LogP contribution < -0.4 is 4.74 Å². The van der Waals surface area contributed by atoms with Gasteiger partial charge >= 0.3 is 0 Å². The number of nitrogens with zero attached hydrogens (tertiary/aromatic N) is 2. The Bertz CT molecular complexity index is 960. The van der Waals surface area contributed by atoms with Gasteiger partial charge in [0.25, 0.3) is 6.43 Å². The topological polar surface area (TPSA) is 35.0 Å². The number of fused-ring (bicyclic) bond motifs is 1. The summed E-state index contributed by atoms with van der Waals surface area (Å²) in [6, 6.07) is 7.22. The van der Waals surface area contributed by atoms with Gasteiger partial charge in [-0.2, -0.15) is 0 Å². The minimum atomic E-state index is -2.69. The van der Waals surface area contributed by atoms with Gasteiger partial charge in [0.2, 0.25) is 0 Å². The molecule has 0 saturated heterocycles. The van der Waals surface area contributed by atoms with Crippen LogP contribution in [-0.4, -0.2) is 16.6 Å². The molecule has 3 nitrogen and oxygen atoms in total. The first-order valence-electron chi connectivity index (χ1n) is 9.30. The van der Waals surface area contributed by atoms with Crippen LogP contribution in [0.4, 0.5) is 13.2 Å². The summed E-state index contributed by atoms with van der Waals surface area (Å²) >= 11 is 0. The van der Waals surface area contributed by atoms with Gasteiger partial charge in [-0.15, -0.1) is 0 Å². The average Bonchev–Trinajstić information content (AvgIpc) is 2.65. The number of alkyl halides is 2. The number of benzene rings is 1. The van der Waals surface area contributed by atoms with E-state index in [-0.39, 0.29) is 17.2 Å². The molecule has 148 valence electrons. The Morgan fingerprint density at radius 3 is 2.54 bits per heavy atom. The first-order chi connectivity index (χ1) is 13.3. The zero-order valence-corrected chi connectivity index (χ0v) is 16.1. The van der Waals surface area contributed by atoms with Crippen molar-refractivity contribution in [3.05, 3.63) is 54.1 Å². The van der Waals surface area contributed by atoms with Crippen molar-refractivity contribution in [3.8, 4) is 17.0 Å². The second kappa shape index (κ2) is 8.59. The molecular weight excluding hydrogens is 365 g/mol. The van der Waals surface area contributed by atoms with Gasteiger partial charge in [0.1, 0.15) is 11.6 Å². The fourth-order valence-electron chi connectivity index (χ4n) is 3.35. The Balaban J connectivity index is 1.93. The molecule has 3 aromatic rings. The van der Waals surface area contributed by atoms with Crippen LogP contribution in [0.15, 0.2) is 42.7 Å². The lowest BCUT2D eigenvalue weighted by atomic mass is 10.00. The summed E-state index contributed by atoms with van der Waals surface area (Å²) in [4.78, 5) is 8.46. The summed E-state index contributed by atoms with van der Waals surface area (Å²) in [5.41, 5.74) is 1.23. The third-order valence-corrected chi connectivity index (χ3v) is 4.51. The van der Waals surface area contributed by atoms with E-state index < -0.39 is 12.2 Å². The Labute approximate surface area is 162 Å². The molecule has 0 aliphatic heterocycles. The molecule has 0 N–H and O–H groups in total. The molecule has 0 radical (unpaired) electrons. The summed E-state index contributed by atoms with van der Waals surface area (Å²) in [6.07, 6.45) is 1.12. The molecule has 0 saturated carbocycles. The lowest BCUT2D eigenvalue weighted by molar-refractivity contribution is 0.142. The number of ether oxygens (including phenoxy) is 1. The Morgan fingerprint density at radius 2 is 1.82 bits per heavy atom. The number of pyridine rings is 2. The van der Waals surface area contributed by atoms with E-state index in [9.17, 15) is 13.2 Å². The van der Waals surface area contributed by atoms with Crippen molar-refractivity contribution < 1.29 is 17.9 Å². The average molecular weight is 388 g/mol.